The quantitative estimate of drug-likeness (QED) is 0.531. The Morgan fingerprint density at radius 3 is 2.74 bits per heavy atom. The van der Waals surface area contributed by atoms with Crippen LogP contribution in [0, 0.1) is 6.92 Å². The molecule has 2 heterocycles. The first-order valence-corrected chi connectivity index (χ1v) is 9.62. The summed E-state index contributed by atoms with van der Waals surface area (Å²) in [6.45, 7) is 1.66. The number of furan rings is 1. The van der Waals surface area contributed by atoms with Crippen LogP contribution in [0.3, 0.4) is 0 Å². The summed E-state index contributed by atoms with van der Waals surface area (Å²) in [6.07, 6.45) is 1.54. The molecule has 0 bridgehead atoms. The lowest BCUT2D eigenvalue weighted by Crippen LogP contribution is -2.33. The van der Waals surface area contributed by atoms with Crippen molar-refractivity contribution in [2.24, 2.45) is 0 Å². The van der Waals surface area contributed by atoms with Gasteiger partial charge in [-0.25, -0.2) is 0 Å². The van der Waals surface area contributed by atoms with Crippen molar-refractivity contribution in [3.8, 4) is 11.5 Å². The Kier molecular flexibility index (Phi) is 6.30. The first kappa shape index (κ1) is 19.2. The SMILES string of the molecule is Cc1occc1-c1nnc(SCC(=O)NCC(=O)Nc2ccccc2Br)o1. The monoisotopic (exact) mass is 450 g/mol. The van der Waals surface area contributed by atoms with Crippen molar-refractivity contribution >= 4 is 45.2 Å². The van der Waals surface area contributed by atoms with Crippen LogP contribution in [-0.2, 0) is 9.59 Å². The van der Waals surface area contributed by atoms with Crippen molar-refractivity contribution in [1.29, 1.82) is 0 Å². The fourth-order valence-electron chi connectivity index (χ4n) is 2.10. The van der Waals surface area contributed by atoms with E-state index in [1.807, 2.05) is 12.1 Å². The number of nitrogens with zero attached hydrogens (tertiary/aromatic N) is 2. The van der Waals surface area contributed by atoms with Crippen molar-refractivity contribution in [1.82, 2.24) is 15.5 Å². The van der Waals surface area contributed by atoms with Crippen LogP contribution in [0.5, 0.6) is 0 Å². The molecule has 8 nitrogen and oxygen atoms in total. The average Bonchev–Trinajstić information content (AvgIpc) is 3.28. The number of rotatable bonds is 7. The van der Waals surface area contributed by atoms with E-state index in [-0.39, 0.29) is 29.3 Å². The number of halogens is 1. The first-order valence-electron chi connectivity index (χ1n) is 7.85. The maximum Gasteiger partial charge on any atom is 0.277 e. The van der Waals surface area contributed by atoms with E-state index in [4.69, 9.17) is 8.83 Å². The summed E-state index contributed by atoms with van der Waals surface area (Å²) in [7, 11) is 0. The van der Waals surface area contributed by atoms with Gasteiger partial charge in [0.2, 0.25) is 11.8 Å². The fraction of sp³-hybridized carbons (Fsp3) is 0.176. The molecule has 3 rings (SSSR count). The molecule has 27 heavy (non-hydrogen) atoms. The highest BCUT2D eigenvalue weighted by Gasteiger charge is 2.14. The van der Waals surface area contributed by atoms with E-state index in [1.54, 1.807) is 25.1 Å². The van der Waals surface area contributed by atoms with Gasteiger partial charge in [0, 0.05) is 4.47 Å². The van der Waals surface area contributed by atoms with Gasteiger partial charge in [-0.05, 0) is 41.1 Å². The molecule has 3 aromatic rings. The topological polar surface area (TPSA) is 110 Å². The summed E-state index contributed by atoms with van der Waals surface area (Å²) in [4.78, 5) is 23.8. The van der Waals surface area contributed by atoms with Crippen molar-refractivity contribution in [2.75, 3.05) is 17.6 Å². The van der Waals surface area contributed by atoms with Gasteiger partial charge in [0.05, 0.1) is 29.8 Å². The van der Waals surface area contributed by atoms with Gasteiger partial charge in [-0.3, -0.25) is 9.59 Å². The smallest absolute Gasteiger partial charge is 0.277 e. The van der Waals surface area contributed by atoms with Crippen LogP contribution < -0.4 is 10.6 Å². The van der Waals surface area contributed by atoms with Gasteiger partial charge in [0.25, 0.3) is 11.1 Å². The van der Waals surface area contributed by atoms with Crippen LogP contribution >= 0.6 is 27.7 Å². The highest BCUT2D eigenvalue weighted by atomic mass is 79.9. The molecule has 0 fully saturated rings. The molecule has 0 saturated carbocycles. The average molecular weight is 451 g/mol. The predicted molar refractivity (Wildman–Crippen MR) is 103 cm³/mol. The number of anilines is 1. The van der Waals surface area contributed by atoms with Crippen molar-refractivity contribution in [3.63, 3.8) is 0 Å². The number of hydrogen-bond acceptors (Lipinski definition) is 7. The predicted octanol–water partition coefficient (Wildman–Crippen LogP) is 3.25. The van der Waals surface area contributed by atoms with Crippen LogP contribution in [0.2, 0.25) is 0 Å². The maximum atomic E-state index is 11.9. The molecular weight excluding hydrogens is 436 g/mol. The number of nitrogens with one attached hydrogen (secondary N) is 2. The van der Waals surface area contributed by atoms with Crippen LogP contribution in [-0.4, -0.2) is 34.3 Å². The minimum Gasteiger partial charge on any atom is -0.469 e. The molecule has 0 unspecified atom stereocenters. The summed E-state index contributed by atoms with van der Waals surface area (Å²) < 4.78 is 11.4. The van der Waals surface area contributed by atoms with Gasteiger partial charge < -0.3 is 19.5 Å². The Hall–Kier alpha value is -2.59. The number of benzene rings is 1. The second kappa shape index (κ2) is 8.87. The van der Waals surface area contributed by atoms with Crippen LogP contribution in [0.25, 0.3) is 11.5 Å². The molecule has 140 valence electrons. The normalized spacial score (nSPS) is 10.6. The molecule has 0 radical (unpaired) electrons. The lowest BCUT2D eigenvalue weighted by Gasteiger charge is -2.07. The molecule has 2 N–H and O–H groups in total. The van der Waals surface area contributed by atoms with Gasteiger partial charge in [0.15, 0.2) is 0 Å². The Balaban J connectivity index is 1.44. The second-order valence-corrected chi connectivity index (χ2v) is 7.14. The van der Waals surface area contributed by atoms with E-state index in [2.05, 4.69) is 36.8 Å². The van der Waals surface area contributed by atoms with Crippen molar-refractivity contribution in [2.45, 2.75) is 12.1 Å². The van der Waals surface area contributed by atoms with Crippen molar-refractivity contribution < 1.29 is 18.4 Å². The minimum atomic E-state index is -0.323. The van der Waals surface area contributed by atoms with E-state index in [0.717, 1.165) is 16.2 Å². The van der Waals surface area contributed by atoms with Gasteiger partial charge in [-0.15, -0.1) is 10.2 Å². The van der Waals surface area contributed by atoms with Crippen LogP contribution in [0.15, 0.2) is 55.1 Å². The zero-order valence-corrected chi connectivity index (χ0v) is 16.6. The Morgan fingerprint density at radius 2 is 2.00 bits per heavy atom. The minimum absolute atomic E-state index is 0.0499. The molecule has 0 spiro atoms. The number of aryl methyl sites for hydroxylation is 1. The number of thioether (sulfide) groups is 1. The number of carbonyl (C=O) groups is 2. The first-order chi connectivity index (χ1) is 13.0. The zero-order chi connectivity index (χ0) is 19.2. The molecule has 2 aromatic heterocycles. The molecule has 0 saturated heterocycles. The molecule has 10 heteroatoms. The lowest BCUT2D eigenvalue weighted by molar-refractivity contribution is -0.122. The Labute approximate surface area is 167 Å². The molecule has 0 atom stereocenters. The van der Waals surface area contributed by atoms with Gasteiger partial charge in [-0.1, -0.05) is 23.9 Å². The third-order valence-electron chi connectivity index (χ3n) is 3.42. The fourth-order valence-corrected chi connectivity index (χ4v) is 3.07. The number of hydrogen-bond donors (Lipinski definition) is 2. The number of carbonyl (C=O) groups excluding carboxylic acids is 2. The number of amides is 2. The van der Waals surface area contributed by atoms with Gasteiger partial charge >= 0.3 is 0 Å². The standard InChI is InChI=1S/C17H15BrN4O4S/c1-10-11(6-7-25-10)16-21-22-17(26-16)27-9-15(24)19-8-14(23)20-13-5-3-2-4-12(13)18/h2-7H,8-9H2,1H3,(H,19,24)(H,20,23). The molecular formula is C17H15BrN4O4S. The van der Waals surface area contributed by atoms with Gasteiger partial charge in [-0.2, -0.15) is 0 Å². The number of para-hydroxylation sites is 1. The summed E-state index contributed by atoms with van der Waals surface area (Å²) >= 11 is 4.43. The van der Waals surface area contributed by atoms with E-state index in [1.165, 1.54) is 6.26 Å². The zero-order valence-electron chi connectivity index (χ0n) is 14.2. The van der Waals surface area contributed by atoms with Gasteiger partial charge in [0.1, 0.15) is 5.76 Å². The Morgan fingerprint density at radius 1 is 1.19 bits per heavy atom. The van der Waals surface area contributed by atoms with Crippen LogP contribution in [0.1, 0.15) is 5.76 Å². The summed E-state index contributed by atoms with van der Waals surface area (Å²) in [5.41, 5.74) is 1.35. The molecule has 2 amide bonds. The largest absolute Gasteiger partial charge is 0.469 e. The van der Waals surface area contributed by atoms with E-state index >= 15 is 0 Å². The molecule has 0 aliphatic heterocycles. The lowest BCUT2D eigenvalue weighted by atomic mass is 10.3. The summed E-state index contributed by atoms with van der Waals surface area (Å²) in [6, 6.07) is 8.95. The second-order valence-electron chi connectivity index (χ2n) is 5.36. The molecule has 1 aromatic carbocycles. The molecule has 0 aliphatic carbocycles. The van der Waals surface area contributed by atoms with E-state index < -0.39 is 0 Å². The maximum absolute atomic E-state index is 11.9. The van der Waals surface area contributed by atoms with Crippen LogP contribution in [0.4, 0.5) is 5.69 Å². The van der Waals surface area contributed by atoms with Crippen molar-refractivity contribution in [3.05, 3.63) is 46.8 Å². The highest BCUT2D eigenvalue weighted by Crippen LogP contribution is 2.26. The number of aromatic nitrogens is 2. The third kappa shape index (κ3) is 5.20. The third-order valence-corrected chi connectivity index (χ3v) is 4.93. The van der Waals surface area contributed by atoms with E-state index in [0.29, 0.717) is 22.9 Å². The highest BCUT2D eigenvalue weighted by molar-refractivity contribution is 9.10. The molecule has 0 aliphatic rings. The summed E-state index contributed by atoms with van der Waals surface area (Å²) in [5, 5.41) is 13.3. The Bertz CT molecular complexity index is 956. The van der Waals surface area contributed by atoms with E-state index in [9.17, 15) is 9.59 Å². The summed E-state index contributed by atoms with van der Waals surface area (Å²) in [5.74, 6) is 0.409.